The van der Waals surface area contributed by atoms with Crippen LogP contribution in [0.15, 0.2) is 53.0 Å². The fourth-order valence-electron chi connectivity index (χ4n) is 3.62. The first kappa shape index (κ1) is 16.9. The van der Waals surface area contributed by atoms with Crippen LogP contribution in [-0.2, 0) is 0 Å². The van der Waals surface area contributed by atoms with Crippen molar-refractivity contribution >= 4 is 29.2 Å². The van der Waals surface area contributed by atoms with Gasteiger partial charge in [-0.25, -0.2) is 4.79 Å². The number of benzene rings is 2. The molecule has 1 atom stereocenters. The van der Waals surface area contributed by atoms with Gasteiger partial charge in [0, 0.05) is 23.6 Å². The number of carboxylic acid groups (broad SMARTS) is 1. The first-order valence-electron chi connectivity index (χ1n) is 8.75. The van der Waals surface area contributed by atoms with Gasteiger partial charge in [-0.15, -0.1) is 0 Å². The van der Waals surface area contributed by atoms with Crippen molar-refractivity contribution in [3.8, 4) is 6.07 Å². The van der Waals surface area contributed by atoms with Gasteiger partial charge >= 0.3 is 5.97 Å². The maximum atomic E-state index is 12.8. The molecular formula is C22H16N2O3. The molecule has 4 rings (SSSR count). The zero-order chi connectivity index (χ0) is 19.0. The van der Waals surface area contributed by atoms with Gasteiger partial charge in [0.1, 0.15) is 0 Å². The van der Waals surface area contributed by atoms with E-state index in [-0.39, 0.29) is 17.3 Å². The normalized spacial score (nSPS) is 19.7. The van der Waals surface area contributed by atoms with Crippen molar-refractivity contribution in [1.29, 1.82) is 5.26 Å². The molecule has 1 unspecified atom stereocenters. The van der Waals surface area contributed by atoms with E-state index in [0.717, 1.165) is 29.7 Å². The van der Waals surface area contributed by atoms with Crippen LogP contribution in [0.2, 0.25) is 0 Å². The number of allylic oxidation sites excluding steroid dienone is 1. The minimum atomic E-state index is -1.04. The van der Waals surface area contributed by atoms with Crippen LogP contribution < -0.4 is 0 Å². The van der Waals surface area contributed by atoms with E-state index in [1.165, 1.54) is 12.1 Å². The molecule has 2 aliphatic rings. The number of carbonyl (C=O) groups is 2. The number of fused-ring (bicyclic) bond motifs is 3. The molecule has 27 heavy (non-hydrogen) atoms. The monoisotopic (exact) mass is 356 g/mol. The van der Waals surface area contributed by atoms with Crippen molar-refractivity contribution in [2.45, 2.75) is 19.3 Å². The van der Waals surface area contributed by atoms with Crippen LogP contribution in [0, 0.1) is 17.2 Å². The van der Waals surface area contributed by atoms with Gasteiger partial charge in [0.15, 0.2) is 5.78 Å². The summed E-state index contributed by atoms with van der Waals surface area (Å²) >= 11 is 0. The van der Waals surface area contributed by atoms with E-state index in [1.807, 2.05) is 18.2 Å². The molecule has 0 aromatic heterocycles. The van der Waals surface area contributed by atoms with Crippen molar-refractivity contribution in [1.82, 2.24) is 0 Å². The number of ketones is 1. The van der Waals surface area contributed by atoms with Gasteiger partial charge in [0.2, 0.25) is 0 Å². The van der Waals surface area contributed by atoms with Crippen molar-refractivity contribution < 1.29 is 14.7 Å². The van der Waals surface area contributed by atoms with Crippen LogP contribution in [0.3, 0.4) is 0 Å². The number of hydrogen-bond acceptors (Lipinski definition) is 4. The van der Waals surface area contributed by atoms with Crippen molar-refractivity contribution in [2.24, 2.45) is 10.9 Å². The number of hydrogen-bond donors (Lipinski definition) is 1. The van der Waals surface area contributed by atoms with Crippen LogP contribution in [0.25, 0.3) is 6.08 Å². The maximum Gasteiger partial charge on any atom is 0.335 e. The number of nitrogens with zero attached hydrogens (tertiary/aromatic N) is 2. The number of aliphatic imine (C=N–C) groups is 1. The van der Waals surface area contributed by atoms with E-state index in [2.05, 4.69) is 11.1 Å². The Balaban J connectivity index is 1.77. The molecule has 0 radical (unpaired) electrons. The second kappa shape index (κ2) is 6.65. The van der Waals surface area contributed by atoms with Crippen molar-refractivity contribution in [3.63, 3.8) is 0 Å². The molecule has 1 aliphatic heterocycles. The number of carboxylic acids is 1. The third-order valence-corrected chi connectivity index (χ3v) is 5.09. The average molecular weight is 356 g/mol. The molecule has 0 saturated heterocycles. The molecule has 5 heteroatoms. The van der Waals surface area contributed by atoms with Gasteiger partial charge in [-0.1, -0.05) is 12.1 Å². The van der Waals surface area contributed by atoms with E-state index in [0.29, 0.717) is 23.2 Å². The predicted octanol–water partition coefficient (Wildman–Crippen LogP) is 4.41. The summed E-state index contributed by atoms with van der Waals surface area (Å²) in [6, 6.07) is 13.9. The van der Waals surface area contributed by atoms with Crippen LogP contribution in [0.1, 0.15) is 51.1 Å². The lowest BCUT2D eigenvalue weighted by Gasteiger charge is -2.22. The molecule has 2 aromatic carbocycles. The molecule has 0 spiro atoms. The molecule has 1 aliphatic carbocycles. The average Bonchev–Trinajstić information content (AvgIpc) is 2.79. The number of Topliss-reactive ketones (excluding diaryl/α,β-unsaturated/α-hetero) is 1. The van der Waals surface area contributed by atoms with Crippen LogP contribution in [-0.4, -0.2) is 22.6 Å². The quantitative estimate of drug-likeness (QED) is 0.863. The third-order valence-electron chi connectivity index (χ3n) is 5.09. The third kappa shape index (κ3) is 3.18. The second-order valence-electron chi connectivity index (χ2n) is 6.80. The topological polar surface area (TPSA) is 90.5 Å². The van der Waals surface area contributed by atoms with E-state index in [4.69, 9.17) is 5.26 Å². The number of rotatable bonds is 2. The van der Waals surface area contributed by atoms with Gasteiger partial charge in [0.25, 0.3) is 0 Å². The molecule has 1 heterocycles. The minimum Gasteiger partial charge on any atom is -0.478 e. The van der Waals surface area contributed by atoms with Gasteiger partial charge in [0.05, 0.1) is 22.9 Å². The van der Waals surface area contributed by atoms with Crippen LogP contribution in [0.5, 0.6) is 0 Å². The Labute approximate surface area is 156 Å². The fraction of sp³-hybridized carbons (Fsp3) is 0.182. The second-order valence-corrected chi connectivity index (χ2v) is 6.80. The summed E-state index contributed by atoms with van der Waals surface area (Å²) in [5.74, 6) is -1.11. The van der Waals surface area contributed by atoms with Gasteiger partial charge in [-0.3, -0.25) is 9.79 Å². The fourth-order valence-corrected chi connectivity index (χ4v) is 3.62. The molecule has 0 amide bonds. The standard InChI is InChI=1S/C22H16N2O3/c23-12-14-3-1-13(2-4-14)9-15-5-6-16-10-19(15)24-20-11-17(22(26)27)7-8-18(20)21(16)25/h1-4,7-9,11,16H,5-6,10H2,(H,26,27)/b15-9+. The smallest absolute Gasteiger partial charge is 0.335 e. The van der Waals surface area contributed by atoms with E-state index < -0.39 is 5.97 Å². The Morgan fingerprint density at radius 2 is 2.00 bits per heavy atom. The molecule has 2 bridgehead atoms. The Bertz CT molecular complexity index is 1060. The highest BCUT2D eigenvalue weighted by atomic mass is 16.4. The predicted molar refractivity (Wildman–Crippen MR) is 101 cm³/mol. The summed E-state index contributed by atoms with van der Waals surface area (Å²) < 4.78 is 0. The summed E-state index contributed by atoms with van der Waals surface area (Å²) in [6.07, 6.45) is 4.10. The first-order chi connectivity index (χ1) is 13.0. The highest BCUT2D eigenvalue weighted by Crippen LogP contribution is 2.37. The van der Waals surface area contributed by atoms with E-state index in [9.17, 15) is 14.7 Å². The number of nitriles is 1. The molecule has 1 N–H and O–H groups in total. The van der Waals surface area contributed by atoms with Crippen LogP contribution >= 0.6 is 0 Å². The molecule has 132 valence electrons. The summed E-state index contributed by atoms with van der Waals surface area (Å²) in [6.45, 7) is 0. The molecule has 5 nitrogen and oxygen atoms in total. The summed E-state index contributed by atoms with van der Waals surface area (Å²) in [5, 5.41) is 18.2. The zero-order valence-corrected chi connectivity index (χ0v) is 14.5. The largest absolute Gasteiger partial charge is 0.478 e. The lowest BCUT2D eigenvalue weighted by Crippen LogP contribution is -2.22. The highest BCUT2D eigenvalue weighted by molar-refractivity contribution is 6.14. The summed E-state index contributed by atoms with van der Waals surface area (Å²) in [5.41, 5.74) is 4.53. The SMILES string of the molecule is N#Cc1ccc(/C=C2\CCC3CC2=Nc2cc(C(=O)O)ccc2C3=O)cc1. The van der Waals surface area contributed by atoms with Crippen LogP contribution in [0.4, 0.5) is 5.69 Å². The minimum absolute atomic E-state index is 0.0399. The van der Waals surface area contributed by atoms with Gasteiger partial charge < -0.3 is 5.11 Å². The molecule has 1 fully saturated rings. The Kier molecular flexibility index (Phi) is 4.17. The van der Waals surface area contributed by atoms with Crippen molar-refractivity contribution in [3.05, 3.63) is 70.3 Å². The molecule has 1 saturated carbocycles. The lowest BCUT2D eigenvalue weighted by atomic mass is 9.80. The molecular weight excluding hydrogens is 340 g/mol. The summed E-state index contributed by atoms with van der Waals surface area (Å²) in [4.78, 5) is 28.7. The Morgan fingerprint density at radius 3 is 2.70 bits per heavy atom. The van der Waals surface area contributed by atoms with E-state index in [1.54, 1.807) is 18.2 Å². The lowest BCUT2D eigenvalue weighted by molar-refractivity contribution is 0.0696. The van der Waals surface area contributed by atoms with Gasteiger partial charge in [-0.05, 0) is 60.4 Å². The number of aromatic carboxylic acids is 1. The molecule has 2 aromatic rings. The summed E-state index contributed by atoms with van der Waals surface area (Å²) in [7, 11) is 0. The van der Waals surface area contributed by atoms with Crippen molar-refractivity contribution in [2.75, 3.05) is 0 Å². The Hall–Kier alpha value is -3.52. The highest BCUT2D eigenvalue weighted by Gasteiger charge is 2.32. The Morgan fingerprint density at radius 1 is 1.22 bits per heavy atom. The maximum absolute atomic E-state index is 12.8. The van der Waals surface area contributed by atoms with E-state index >= 15 is 0 Å². The number of carbonyl (C=O) groups excluding carboxylic acids is 1. The first-order valence-corrected chi connectivity index (χ1v) is 8.75. The van der Waals surface area contributed by atoms with Gasteiger partial charge in [-0.2, -0.15) is 5.26 Å². The zero-order valence-electron chi connectivity index (χ0n) is 14.5.